The molecule has 0 rings (SSSR count). The van der Waals surface area contributed by atoms with Gasteiger partial charge in [0, 0.05) is 6.54 Å². The quantitative estimate of drug-likeness (QED) is 0.589. The van der Waals surface area contributed by atoms with Crippen molar-refractivity contribution in [3.05, 3.63) is 0 Å². The van der Waals surface area contributed by atoms with Crippen molar-refractivity contribution >= 4 is 11.9 Å². The Morgan fingerprint density at radius 3 is 2.38 bits per heavy atom. The first-order valence-electron chi connectivity index (χ1n) is 4.20. The van der Waals surface area contributed by atoms with Crippen LogP contribution in [0.5, 0.6) is 0 Å². The van der Waals surface area contributed by atoms with E-state index in [1.165, 1.54) is 0 Å². The minimum Gasteiger partial charge on any atom is -0.481 e. The van der Waals surface area contributed by atoms with Gasteiger partial charge in [-0.3, -0.25) is 14.5 Å². The Balaban J connectivity index is 3.97. The van der Waals surface area contributed by atoms with Crippen molar-refractivity contribution in [3.63, 3.8) is 0 Å². The highest BCUT2D eigenvalue weighted by atomic mass is 16.4. The van der Waals surface area contributed by atoms with E-state index in [-0.39, 0.29) is 6.54 Å². The summed E-state index contributed by atoms with van der Waals surface area (Å²) in [5, 5.41) is 8.62. The van der Waals surface area contributed by atoms with Gasteiger partial charge >= 0.3 is 5.97 Å². The van der Waals surface area contributed by atoms with Gasteiger partial charge in [0.15, 0.2) is 0 Å². The van der Waals surface area contributed by atoms with Gasteiger partial charge in [-0.25, -0.2) is 0 Å². The predicted molar refractivity (Wildman–Crippen MR) is 48.1 cm³/mol. The lowest BCUT2D eigenvalue weighted by Gasteiger charge is -2.20. The van der Waals surface area contributed by atoms with Crippen molar-refractivity contribution in [1.29, 1.82) is 0 Å². The number of hydrogen-bond acceptors (Lipinski definition) is 3. The molecule has 0 aromatic heterocycles. The number of likely N-dealkylation sites (N-methyl/N-ethyl adjacent to an activating group) is 1. The van der Waals surface area contributed by atoms with Crippen LogP contribution >= 0.6 is 0 Å². The molecule has 0 aliphatic rings. The number of nitrogens with zero attached hydrogens (tertiary/aromatic N) is 1. The molecule has 0 radical (unpaired) electrons. The van der Waals surface area contributed by atoms with Crippen molar-refractivity contribution in [1.82, 2.24) is 4.90 Å². The normalized spacial score (nSPS) is 12.8. The maximum absolute atomic E-state index is 10.6. The smallest absolute Gasteiger partial charge is 0.307 e. The molecule has 0 aliphatic heterocycles. The molecule has 1 unspecified atom stereocenters. The van der Waals surface area contributed by atoms with Crippen LogP contribution in [-0.2, 0) is 9.59 Å². The van der Waals surface area contributed by atoms with Crippen LogP contribution in [0.1, 0.15) is 13.8 Å². The van der Waals surface area contributed by atoms with Gasteiger partial charge in [-0.2, -0.15) is 0 Å². The maximum Gasteiger partial charge on any atom is 0.307 e. The number of carboxylic acids is 1. The minimum atomic E-state index is -0.858. The number of rotatable bonds is 6. The highest BCUT2D eigenvalue weighted by Crippen LogP contribution is 1.99. The number of amides is 1. The number of hydrogen-bond donors (Lipinski definition) is 2. The Labute approximate surface area is 77.5 Å². The molecule has 3 N–H and O–H groups in total. The first kappa shape index (κ1) is 11.9. The Hall–Kier alpha value is -1.10. The lowest BCUT2D eigenvalue weighted by molar-refractivity contribution is -0.142. The molecule has 0 bridgehead atoms. The summed E-state index contributed by atoms with van der Waals surface area (Å²) in [7, 11) is 0. The highest BCUT2D eigenvalue weighted by Gasteiger charge is 2.15. The van der Waals surface area contributed by atoms with Crippen LogP contribution in [0, 0.1) is 5.92 Å². The van der Waals surface area contributed by atoms with E-state index in [4.69, 9.17) is 10.8 Å². The van der Waals surface area contributed by atoms with Crippen molar-refractivity contribution in [3.8, 4) is 0 Å². The average molecular weight is 188 g/mol. The van der Waals surface area contributed by atoms with Gasteiger partial charge in [0.2, 0.25) is 5.91 Å². The summed E-state index contributed by atoms with van der Waals surface area (Å²) in [5.74, 6) is -1.76. The summed E-state index contributed by atoms with van der Waals surface area (Å²) >= 11 is 0. The van der Waals surface area contributed by atoms with Crippen LogP contribution in [0.2, 0.25) is 0 Å². The van der Waals surface area contributed by atoms with Gasteiger partial charge in [0.1, 0.15) is 0 Å². The maximum atomic E-state index is 10.6. The Bertz CT molecular complexity index is 194. The van der Waals surface area contributed by atoms with E-state index in [1.807, 2.05) is 6.92 Å². The first-order valence-corrected chi connectivity index (χ1v) is 4.20. The third-order valence-electron chi connectivity index (χ3n) is 1.78. The highest BCUT2D eigenvalue weighted by molar-refractivity contribution is 5.76. The Kier molecular flexibility index (Phi) is 5.06. The molecule has 0 saturated heterocycles. The summed E-state index contributed by atoms with van der Waals surface area (Å²) < 4.78 is 0. The predicted octanol–water partition coefficient (Wildman–Crippen LogP) is -0.486. The molecule has 0 spiro atoms. The van der Waals surface area contributed by atoms with Crippen molar-refractivity contribution in [2.24, 2.45) is 11.7 Å². The number of primary amides is 1. The van der Waals surface area contributed by atoms with Crippen LogP contribution in [0.25, 0.3) is 0 Å². The molecule has 76 valence electrons. The van der Waals surface area contributed by atoms with Gasteiger partial charge in [-0.05, 0) is 6.54 Å². The second kappa shape index (κ2) is 5.53. The molecular formula is C8H16N2O3. The average Bonchev–Trinajstić information content (AvgIpc) is 2.02. The molecule has 0 saturated carbocycles. The zero-order valence-electron chi connectivity index (χ0n) is 7.99. The summed E-state index contributed by atoms with van der Waals surface area (Å²) in [5.41, 5.74) is 4.99. The van der Waals surface area contributed by atoms with Crippen LogP contribution in [0.15, 0.2) is 0 Å². The summed E-state index contributed by atoms with van der Waals surface area (Å²) in [6.07, 6.45) is 0. The fourth-order valence-corrected chi connectivity index (χ4v) is 0.991. The zero-order chi connectivity index (χ0) is 10.4. The monoisotopic (exact) mass is 188 g/mol. The summed E-state index contributed by atoms with van der Waals surface area (Å²) in [6.45, 7) is 4.56. The zero-order valence-corrected chi connectivity index (χ0v) is 7.99. The van der Waals surface area contributed by atoms with Gasteiger partial charge in [0.25, 0.3) is 0 Å². The fraction of sp³-hybridized carbons (Fsp3) is 0.750. The standard InChI is InChI=1S/C8H16N2O3/c1-3-10(5-7(9)11)4-6(2)8(12)13/h6H,3-5H2,1-2H3,(H2,9,11)(H,12,13). The number of nitrogens with two attached hydrogens (primary N) is 1. The summed E-state index contributed by atoms with van der Waals surface area (Å²) in [6, 6.07) is 0. The topological polar surface area (TPSA) is 83.6 Å². The van der Waals surface area contributed by atoms with Crippen LogP contribution in [0.4, 0.5) is 0 Å². The lowest BCUT2D eigenvalue weighted by Crippen LogP contribution is -2.38. The molecule has 0 fully saturated rings. The molecule has 0 aliphatic carbocycles. The molecule has 1 atom stereocenters. The fourth-order valence-electron chi connectivity index (χ4n) is 0.991. The van der Waals surface area contributed by atoms with E-state index in [0.717, 1.165) is 0 Å². The molecular weight excluding hydrogens is 172 g/mol. The Morgan fingerprint density at radius 1 is 1.54 bits per heavy atom. The van der Waals surface area contributed by atoms with E-state index in [0.29, 0.717) is 13.1 Å². The van der Waals surface area contributed by atoms with Crippen molar-refractivity contribution < 1.29 is 14.7 Å². The number of carbonyl (C=O) groups is 2. The van der Waals surface area contributed by atoms with E-state index in [2.05, 4.69) is 0 Å². The third-order valence-corrected chi connectivity index (χ3v) is 1.78. The number of carboxylic acid groups (broad SMARTS) is 1. The van der Waals surface area contributed by atoms with E-state index in [1.54, 1.807) is 11.8 Å². The van der Waals surface area contributed by atoms with E-state index in [9.17, 15) is 9.59 Å². The second-order valence-electron chi connectivity index (χ2n) is 3.03. The van der Waals surface area contributed by atoms with Gasteiger partial charge in [-0.15, -0.1) is 0 Å². The Morgan fingerprint density at radius 2 is 2.08 bits per heavy atom. The van der Waals surface area contributed by atoms with Crippen LogP contribution in [0.3, 0.4) is 0 Å². The number of carbonyl (C=O) groups excluding carboxylic acids is 1. The van der Waals surface area contributed by atoms with Gasteiger partial charge in [0.05, 0.1) is 12.5 Å². The minimum absolute atomic E-state index is 0.119. The first-order chi connectivity index (χ1) is 5.97. The molecule has 13 heavy (non-hydrogen) atoms. The molecule has 1 amide bonds. The van der Waals surface area contributed by atoms with E-state index < -0.39 is 17.8 Å². The molecule has 0 heterocycles. The SMILES string of the molecule is CCN(CC(N)=O)CC(C)C(=O)O. The van der Waals surface area contributed by atoms with Crippen molar-refractivity contribution in [2.45, 2.75) is 13.8 Å². The van der Waals surface area contributed by atoms with Gasteiger partial charge < -0.3 is 10.8 Å². The summed E-state index contributed by atoms with van der Waals surface area (Å²) in [4.78, 5) is 22.8. The van der Waals surface area contributed by atoms with Crippen LogP contribution in [-0.4, -0.2) is 41.5 Å². The lowest BCUT2D eigenvalue weighted by atomic mass is 10.1. The van der Waals surface area contributed by atoms with Gasteiger partial charge in [-0.1, -0.05) is 13.8 Å². The third kappa shape index (κ3) is 5.19. The molecule has 5 nitrogen and oxygen atoms in total. The largest absolute Gasteiger partial charge is 0.481 e. The second-order valence-corrected chi connectivity index (χ2v) is 3.03. The van der Waals surface area contributed by atoms with Crippen molar-refractivity contribution in [2.75, 3.05) is 19.6 Å². The molecule has 0 aromatic carbocycles. The molecule has 0 aromatic rings. The molecule has 5 heteroatoms. The van der Waals surface area contributed by atoms with E-state index >= 15 is 0 Å². The van der Waals surface area contributed by atoms with Crippen LogP contribution < -0.4 is 5.73 Å². The number of aliphatic carboxylic acids is 1.